The van der Waals surface area contributed by atoms with Gasteiger partial charge in [0.15, 0.2) is 11.5 Å². The zero-order chi connectivity index (χ0) is 20.5. The van der Waals surface area contributed by atoms with Crippen LogP contribution in [0.5, 0.6) is 17.4 Å². The number of aromatic nitrogens is 1. The number of fused-ring (bicyclic) bond motifs is 3. The zero-order valence-corrected chi connectivity index (χ0v) is 17.6. The minimum Gasteiger partial charge on any atom is -0.493 e. The van der Waals surface area contributed by atoms with Gasteiger partial charge in [0.2, 0.25) is 5.88 Å². The van der Waals surface area contributed by atoms with E-state index in [1.807, 2.05) is 36.4 Å². The highest BCUT2D eigenvalue weighted by Crippen LogP contribution is 2.48. The summed E-state index contributed by atoms with van der Waals surface area (Å²) < 4.78 is 16.3. The average molecular weight is 425 g/mol. The number of benzene rings is 2. The molecular weight excluding hydrogens is 408 g/mol. The van der Waals surface area contributed by atoms with Crippen molar-refractivity contribution in [3.63, 3.8) is 0 Å². The summed E-state index contributed by atoms with van der Waals surface area (Å²) >= 11 is 7.95. The quantitative estimate of drug-likeness (QED) is 0.545. The normalized spacial score (nSPS) is 11.8. The standard InChI is InChI=1S/C22H17ClN2O3S/c1-26-17-6-4-12(8-18(17)27-2)20-15(10-24)22(28-3)25-21-14-9-13(23)5-7-19(14)29-11-16(20)21/h4-9H,11H2,1-3H3. The summed E-state index contributed by atoms with van der Waals surface area (Å²) in [7, 11) is 4.70. The first-order chi connectivity index (χ1) is 14.1. The number of halogens is 1. The van der Waals surface area contributed by atoms with Crippen molar-refractivity contribution >= 4 is 23.4 Å². The van der Waals surface area contributed by atoms with Crippen molar-refractivity contribution in [1.82, 2.24) is 4.98 Å². The van der Waals surface area contributed by atoms with Crippen LogP contribution in [0.4, 0.5) is 0 Å². The van der Waals surface area contributed by atoms with Gasteiger partial charge >= 0.3 is 0 Å². The highest BCUT2D eigenvalue weighted by molar-refractivity contribution is 7.98. The molecule has 0 aliphatic carbocycles. The largest absolute Gasteiger partial charge is 0.493 e. The molecule has 0 N–H and O–H groups in total. The fraction of sp³-hybridized carbons (Fsp3) is 0.182. The molecule has 0 amide bonds. The summed E-state index contributed by atoms with van der Waals surface area (Å²) in [6, 6.07) is 13.6. The lowest BCUT2D eigenvalue weighted by Crippen LogP contribution is -2.07. The molecule has 2 aromatic carbocycles. The first kappa shape index (κ1) is 19.4. The van der Waals surface area contributed by atoms with Crippen molar-refractivity contribution in [2.75, 3.05) is 21.3 Å². The third-order valence-electron chi connectivity index (χ3n) is 4.81. The zero-order valence-electron chi connectivity index (χ0n) is 16.1. The summed E-state index contributed by atoms with van der Waals surface area (Å²) in [5, 5.41) is 10.5. The molecule has 0 saturated heterocycles. The Labute approximate surface area is 178 Å². The molecule has 1 aliphatic rings. The minimum atomic E-state index is 0.286. The number of nitrogens with zero attached hydrogens (tertiary/aromatic N) is 2. The fourth-order valence-electron chi connectivity index (χ4n) is 3.49. The van der Waals surface area contributed by atoms with Gasteiger partial charge in [0.1, 0.15) is 11.6 Å². The van der Waals surface area contributed by atoms with Gasteiger partial charge in [0.05, 0.1) is 27.0 Å². The van der Waals surface area contributed by atoms with Gasteiger partial charge in [-0.15, -0.1) is 11.8 Å². The van der Waals surface area contributed by atoms with Gasteiger partial charge in [-0.3, -0.25) is 0 Å². The Balaban J connectivity index is 2.05. The van der Waals surface area contributed by atoms with Gasteiger partial charge in [-0.1, -0.05) is 17.7 Å². The van der Waals surface area contributed by atoms with Crippen LogP contribution < -0.4 is 14.2 Å². The van der Waals surface area contributed by atoms with Gasteiger partial charge < -0.3 is 14.2 Å². The predicted octanol–water partition coefficient (Wildman–Crippen LogP) is 5.57. The molecule has 0 saturated carbocycles. The van der Waals surface area contributed by atoms with E-state index in [2.05, 4.69) is 11.1 Å². The average Bonchev–Trinajstić information content (AvgIpc) is 2.76. The van der Waals surface area contributed by atoms with Crippen LogP contribution in [0.3, 0.4) is 0 Å². The molecule has 7 heteroatoms. The highest BCUT2D eigenvalue weighted by atomic mass is 35.5. The Morgan fingerprint density at radius 3 is 2.52 bits per heavy atom. The van der Waals surface area contributed by atoms with E-state index in [1.54, 1.807) is 26.0 Å². The lowest BCUT2D eigenvalue weighted by molar-refractivity contribution is 0.355. The van der Waals surface area contributed by atoms with Crippen LogP contribution in [0.25, 0.3) is 22.4 Å². The van der Waals surface area contributed by atoms with Crippen LogP contribution in [0.1, 0.15) is 11.1 Å². The lowest BCUT2D eigenvalue weighted by atomic mass is 9.92. The van der Waals surface area contributed by atoms with Crippen LogP contribution in [-0.2, 0) is 5.75 Å². The summed E-state index contributed by atoms with van der Waals surface area (Å²) in [6.45, 7) is 0. The lowest BCUT2D eigenvalue weighted by Gasteiger charge is -2.24. The van der Waals surface area contributed by atoms with E-state index in [0.29, 0.717) is 27.8 Å². The Morgan fingerprint density at radius 1 is 1.03 bits per heavy atom. The van der Waals surface area contributed by atoms with Crippen molar-refractivity contribution in [1.29, 1.82) is 5.26 Å². The molecule has 0 spiro atoms. The maximum Gasteiger partial charge on any atom is 0.232 e. The molecule has 4 rings (SSSR count). The van der Waals surface area contributed by atoms with Crippen molar-refractivity contribution in [2.24, 2.45) is 0 Å². The minimum absolute atomic E-state index is 0.286. The van der Waals surface area contributed by atoms with Crippen molar-refractivity contribution in [3.8, 4) is 45.8 Å². The van der Waals surface area contributed by atoms with E-state index < -0.39 is 0 Å². The van der Waals surface area contributed by atoms with Crippen LogP contribution in [-0.4, -0.2) is 26.3 Å². The van der Waals surface area contributed by atoms with Crippen LogP contribution in [0.15, 0.2) is 41.3 Å². The number of nitriles is 1. The van der Waals surface area contributed by atoms with Crippen molar-refractivity contribution in [2.45, 2.75) is 10.6 Å². The number of hydrogen-bond donors (Lipinski definition) is 0. The molecule has 146 valence electrons. The van der Waals surface area contributed by atoms with Crippen molar-refractivity contribution < 1.29 is 14.2 Å². The predicted molar refractivity (Wildman–Crippen MR) is 114 cm³/mol. The second kappa shape index (κ2) is 7.86. The van der Waals surface area contributed by atoms with Gasteiger partial charge in [0.25, 0.3) is 0 Å². The van der Waals surface area contributed by atoms with Gasteiger partial charge in [0, 0.05) is 26.8 Å². The summed E-state index contributed by atoms with van der Waals surface area (Å²) in [5.41, 5.74) is 4.70. The highest BCUT2D eigenvalue weighted by Gasteiger charge is 2.27. The topological polar surface area (TPSA) is 64.4 Å². The maximum atomic E-state index is 9.91. The van der Waals surface area contributed by atoms with Gasteiger partial charge in [-0.05, 0) is 41.5 Å². The number of pyridine rings is 1. The molecule has 29 heavy (non-hydrogen) atoms. The molecule has 0 radical (unpaired) electrons. The molecule has 0 fully saturated rings. The molecule has 1 aromatic heterocycles. The van der Waals surface area contributed by atoms with E-state index >= 15 is 0 Å². The number of rotatable bonds is 4. The Bertz CT molecular complexity index is 1160. The SMILES string of the molecule is COc1ccc(-c2c(C#N)c(OC)nc3c2CSc2ccc(Cl)cc2-3)cc1OC. The Hall–Kier alpha value is -2.88. The molecule has 5 nitrogen and oxygen atoms in total. The summed E-state index contributed by atoms with van der Waals surface area (Å²) in [4.78, 5) is 5.77. The molecule has 0 bridgehead atoms. The Kier molecular flexibility index (Phi) is 5.27. The second-order valence-electron chi connectivity index (χ2n) is 6.31. The van der Waals surface area contributed by atoms with Crippen LogP contribution in [0, 0.1) is 11.3 Å². The van der Waals surface area contributed by atoms with E-state index in [-0.39, 0.29) is 5.88 Å². The molecular formula is C22H17ClN2O3S. The first-order valence-corrected chi connectivity index (χ1v) is 10.1. The molecule has 3 aromatic rings. The van der Waals surface area contributed by atoms with E-state index in [1.165, 1.54) is 7.11 Å². The summed E-state index contributed by atoms with van der Waals surface area (Å²) in [5.74, 6) is 2.18. The van der Waals surface area contributed by atoms with Gasteiger partial charge in [-0.25, -0.2) is 4.98 Å². The third-order valence-corrected chi connectivity index (χ3v) is 6.15. The molecule has 2 heterocycles. The summed E-state index contributed by atoms with van der Waals surface area (Å²) in [6.07, 6.45) is 0. The van der Waals surface area contributed by atoms with Crippen LogP contribution in [0.2, 0.25) is 5.02 Å². The van der Waals surface area contributed by atoms with Crippen LogP contribution >= 0.6 is 23.4 Å². The Morgan fingerprint density at radius 2 is 1.83 bits per heavy atom. The third kappa shape index (κ3) is 3.27. The smallest absolute Gasteiger partial charge is 0.232 e. The number of thioether (sulfide) groups is 1. The molecule has 0 unspecified atom stereocenters. The van der Waals surface area contributed by atoms with E-state index in [0.717, 1.165) is 32.8 Å². The second-order valence-corrected chi connectivity index (χ2v) is 7.76. The monoisotopic (exact) mass is 424 g/mol. The number of methoxy groups -OCH3 is 3. The number of hydrogen-bond acceptors (Lipinski definition) is 6. The fourth-order valence-corrected chi connectivity index (χ4v) is 4.72. The number of ether oxygens (including phenoxy) is 3. The van der Waals surface area contributed by atoms with Gasteiger partial charge in [-0.2, -0.15) is 5.26 Å². The maximum absolute atomic E-state index is 9.91. The molecule has 1 aliphatic heterocycles. The van der Waals surface area contributed by atoms with E-state index in [4.69, 9.17) is 25.8 Å². The van der Waals surface area contributed by atoms with Crippen molar-refractivity contribution in [3.05, 3.63) is 52.5 Å². The first-order valence-electron chi connectivity index (χ1n) is 8.77. The molecule has 0 atom stereocenters. The van der Waals surface area contributed by atoms with E-state index in [9.17, 15) is 5.26 Å².